The average Bonchev–Trinajstić information content (AvgIpc) is 2.15. The summed E-state index contributed by atoms with van der Waals surface area (Å²) in [5, 5.41) is 9.38. The molecule has 3 N–H and O–H groups in total. The van der Waals surface area contributed by atoms with Gasteiger partial charge in [0.15, 0.2) is 5.16 Å². The largest absolute Gasteiger partial charge is 0.477 e. The Labute approximate surface area is 85.7 Å². The first-order valence-electron chi connectivity index (χ1n) is 4.03. The van der Waals surface area contributed by atoms with Gasteiger partial charge in [0.05, 0.1) is 5.69 Å². The highest BCUT2D eigenvalue weighted by molar-refractivity contribution is 7.98. The summed E-state index contributed by atoms with van der Waals surface area (Å²) in [7, 11) is 0. The molecule has 0 atom stereocenters. The summed E-state index contributed by atoms with van der Waals surface area (Å²) in [5.41, 5.74) is 6.03. The molecule has 0 spiro atoms. The Morgan fingerprint density at radius 1 is 1.57 bits per heavy atom. The van der Waals surface area contributed by atoms with Crippen LogP contribution in [-0.4, -0.2) is 27.3 Å². The van der Waals surface area contributed by atoms with Crippen molar-refractivity contribution in [2.24, 2.45) is 0 Å². The van der Waals surface area contributed by atoms with E-state index in [2.05, 4.69) is 9.97 Å². The molecule has 0 aliphatic carbocycles. The summed E-state index contributed by atoms with van der Waals surface area (Å²) < 4.78 is 0. The number of nitrogens with two attached hydrogens (primary N) is 1. The topological polar surface area (TPSA) is 89.1 Å². The number of thioether (sulfide) groups is 1. The van der Waals surface area contributed by atoms with Crippen LogP contribution in [0.2, 0.25) is 0 Å². The van der Waals surface area contributed by atoms with Gasteiger partial charge in [-0.05, 0) is 12.7 Å². The molecule has 5 nitrogen and oxygen atoms in total. The van der Waals surface area contributed by atoms with Crippen LogP contribution < -0.4 is 5.73 Å². The Bertz CT molecular complexity index is 368. The number of nitrogens with zero attached hydrogens (tertiary/aromatic N) is 2. The van der Waals surface area contributed by atoms with Gasteiger partial charge in [0.2, 0.25) is 0 Å². The summed E-state index contributed by atoms with van der Waals surface area (Å²) in [6.45, 7) is 1.83. The van der Waals surface area contributed by atoms with Crippen molar-refractivity contribution in [3.63, 3.8) is 0 Å². The van der Waals surface area contributed by atoms with Crippen LogP contribution in [0.4, 0.5) is 5.82 Å². The van der Waals surface area contributed by atoms with Gasteiger partial charge in [-0.3, -0.25) is 0 Å². The second-order valence-corrected chi connectivity index (χ2v) is 3.35. The second kappa shape index (κ2) is 4.28. The molecule has 1 aromatic rings. The monoisotopic (exact) mass is 213 g/mol. The van der Waals surface area contributed by atoms with Crippen molar-refractivity contribution in [2.75, 3.05) is 12.0 Å². The Balaban J connectivity index is 3.34. The van der Waals surface area contributed by atoms with Crippen molar-refractivity contribution in [1.82, 2.24) is 9.97 Å². The van der Waals surface area contributed by atoms with Gasteiger partial charge >= 0.3 is 5.97 Å². The van der Waals surface area contributed by atoms with E-state index in [1.807, 2.05) is 13.2 Å². The molecule has 6 heteroatoms. The van der Waals surface area contributed by atoms with Crippen LogP contribution in [0, 0.1) is 0 Å². The van der Waals surface area contributed by atoms with Crippen molar-refractivity contribution in [1.29, 1.82) is 0 Å². The Hall–Kier alpha value is -1.30. The Morgan fingerprint density at radius 2 is 2.21 bits per heavy atom. The van der Waals surface area contributed by atoms with Gasteiger partial charge in [0.1, 0.15) is 11.4 Å². The average molecular weight is 213 g/mol. The van der Waals surface area contributed by atoms with E-state index in [9.17, 15) is 4.79 Å². The smallest absolute Gasteiger partial charge is 0.341 e. The number of anilines is 1. The van der Waals surface area contributed by atoms with Crippen LogP contribution in [-0.2, 0) is 6.42 Å². The van der Waals surface area contributed by atoms with Crippen LogP contribution in [0.15, 0.2) is 5.16 Å². The summed E-state index contributed by atoms with van der Waals surface area (Å²) in [6, 6.07) is 0. The summed E-state index contributed by atoms with van der Waals surface area (Å²) in [6.07, 6.45) is 2.34. The van der Waals surface area contributed by atoms with E-state index in [1.165, 1.54) is 11.8 Å². The number of aryl methyl sites for hydroxylation is 1. The van der Waals surface area contributed by atoms with Gasteiger partial charge in [-0.2, -0.15) is 0 Å². The predicted octanol–water partition coefficient (Wildman–Crippen LogP) is 1.04. The first-order valence-corrected chi connectivity index (χ1v) is 5.26. The van der Waals surface area contributed by atoms with Crippen LogP contribution >= 0.6 is 11.8 Å². The molecule has 0 unspecified atom stereocenters. The second-order valence-electron chi connectivity index (χ2n) is 2.58. The standard InChI is InChI=1S/C8H11N3O2S/c1-3-4-5(7(12)13)6(9)11-8(10-4)14-2/h3H2,1-2H3,(H,12,13)(H2,9,10,11). The van der Waals surface area contributed by atoms with Crippen molar-refractivity contribution < 1.29 is 9.90 Å². The molecule has 0 saturated carbocycles. The summed E-state index contributed by atoms with van der Waals surface area (Å²) in [5.74, 6) is -1.04. The molecule has 1 aromatic heterocycles. The lowest BCUT2D eigenvalue weighted by molar-refractivity contribution is 0.0695. The molecule has 0 amide bonds. The number of carboxylic acid groups (broad SMARTS) is 1. The Morgan fingerprint density at radius 3 is 2.64 bits per heavy atom. The van der Waals surface area contributed by atoms with E-state index >= 15 is 0 Å². The van der Waals surface area contributed by atoms with Gasteiger partial charge in [-0.25, -0.2) is 14.8 Å². The fourth-order valence-electron chi connectivity index (χ4n) is 1.08. The maximum Gasteiger partial charge on any atom is 0.341 e. The van der Waals surface area contributed by atoms with Gasteiger partial charge < -0.3 is 10.8 Å². The number of hydrogen-bond acceptors (Lipinski definition) is 5. The lowest BCUT2D eigenvalue weighted by Crippen LogP contribution is -2.11. The highest BCUT2D eigenvalue weighted by Crippen LogP contribution is 2.18. The highest BCUT2D eigenvalue weighted by Gasteiger charge is 2.16. The van der Waals surface area contributed by atoms with E-state index in [-0.39, 0.29) is 11.4 Å². The zero-order chi connectivity index (χ0) is 10.7. The maximum absolute atomic E-state index is 10.8. The van der Waals surface area contributed by atoms with Crippen molar-refractivity contribution >= 4 is 23.5 Å². The van der Waals surface area contributed by atoms with E-state index in [0.29, 0.717) is 17.3 Å². The third-order valence-electron chi connectivity index (χ3n) is 1.72. The molecule has 0 aliphatic rings. The minimum atomic E-state index is -1.08. The molecule has 0 radical (unpaired) electrons. The fourth-order valence-corrected chi connectivity index (χ4v) is 1.47. The van der Waals surface area contributed by atoms with Gasteiger partial charge in [0, 0.05) is 0 Å². The van der Waals surface area contributed by atoms with Gasteiger partial charge in [-0.15, -0.1) is 0 Å². The molecule has 76 valence electrons. The lowest BCUT2D eigenvalue weighted by Gasteiger charge is -2.06. The van der Waals surface area contributed by atoms with Crippen LogP contribution in [0.1, 0.15) is 23.0 Å². The molecular formula is C8H11N3O2S. The normalized spacial score (nSPS) is 10.1. The van der Waals surface area contributed by atoms with Gasteiger partial charge in [0.25, 0.3) is 0 Å². The number of rotatable bonds is 3. The first-order chi connectivity index (χ1) is 6.60. The molecule has 0 aliphatic heterocycles. The molecule has 0 aromatic carbocycles. The first kappa shape index (κ1) is 10.8. The minimum Gasteiger partial charge on any atom is -0.477 e. The van der Waals surface area contributed by atoms with Crippen LogP contribution in [0.5, 0.6) is 0 Å². The minimum absolute atomic E-state index is 0.0188. The van der Waals surface area contributed by atoms with Gasteiger partial charge in [-0.1, -0.05) is 18.7 Å². The number of carboxylic acids is 1. The van der Waals surface area contributed by atoms with Crippen molar-refractivity contribution in [3.8, 4) is 0 Å². The third kappa shape index (κ3) is 1.95. The maximum atomic E-state index is 10.8. The molecule has 1 heterocycles. The predicted molar refractivity (Wildman–Crippen MR) is 54.6 cm³/mol. The summed E-state index contributed by atoms with van der Waals surface area (Å²) >= 11 is 1.34. The van der Waals surface area contributed by atoms with E-state index < -0.39 is 5.97 Å². The number of carbonyl (C=O) groups is 1. The third-order valence-corrected chi connectivity index (χ3v) is 2.27. The van der Waals surface area contributed by atoms with E-state index in [1.54, 1.807) is 0 Å². The SMILES string of the molecule is CCc1nc(SC)nc(N)c1C(=O)O. The number of nitrogen functional groups attached to an aromatic ring is 1. The Kier molecular flexibility index (Phi) is 3.29. The molecule has 14 heavy (non-hydrogen) atoms. The zero-order valence-electron chi connectivity index (χ0n) is 7.94. The molecular weight excluding hydrogens is 202 g/mol. The highest BCUT2D eigenvalue weighted by atomic mass is 32.2. The number of hydrogen-bond donors (Lipinski definition) is 2. The van der Waals surface area contributed by atoms with Crippen LogP contribution in [0.3, 0.4) is 0 Å². The van der Waals surface area contributed by atoms with Crippen molar-refractivity contribution in [3.05, 3.63) is 11.3 Å². The summed E-state index contributed by atoms with van der Waals surface area (Å²) in [4.78, 5) is 18.8. The fraction of sp³-hybridized carbons (Fsp3) is 0.375. The zero-order valence-corrected chi connectivity index (χ0v) is 8.76. The van der Waals surface area contributed by atoms with E-state index in [0.717, 1.165) is 0 Å². The van der Waals surface area contributed by atoms with Crippen LogP contribution in [0.25, 0.3) is 0 Å². The van der Waals surface area contributed by atoms with Crippen molar-refractivity contribution in [2.45, 2.75) is 18.5 Å². The number of aromatic nitrogens is 2. The quantitative estimate of drug-likeness (QED) is 0.576. The molecule has 1 rings (SSSR count). The molecule has 0 bridgehead atoms. The van der Waals surface area contributed by atoms with E-state index in [4.69, 9.17) is 10.8 Å². The number of aromatic carboxylic acids is 1. The molecule has 0 fully saturated rings. The molecule has 0 saturated heterocycles. The lowest BCUT2D eigenvalue weighted by atomic mass is 10.2.